The van der Waals surface area contributed by atoms with Crippen LogP contribution < -0.4 is 10.5 Å². The van der Waals surface area contributed by atoms with Gasteiger partial charge in [0.1, 0.15) is 40.9 Å². The van der Waals surface area contributed by atoms with Gasteiger partial charge in [0.15, 0.2) is 0 Å². The van der Waals surface area contributed by atoms with Crippen LogP contribution in [0.5, 0.6) is 11.5 Å². The summed E-state index contributed by atoms with van der Waals surface area (Å²) in [5.74, 6) is 1.58. The van der Waals surface area contributed by atoms with Crippen LogP contribution in [-0.2, 0) is 11.3 Å². The van der Waals surface area contributed by atoms with Crippen LogP contribution in [0.1, 0.15) is 12.8 Å². The molecule has 0 spiro atoms. The molecule has 2 N–H and O–H groups in total. The van der Waals surface area contributed by atoms with Crippen LogP contribution in [-0.4, -0.2) is 37.9 Å². The van der Waals surface area contributed by atoms with Gasteiger partial charge in [0.05, 0.1) is 11.4 Å². The lowest BCUT2D eigenvalue weighted by Crippen LogP contribution is -2.38. The van der Waals surface area contributed by atoms with Gasteiger partial charge < -0.3 is 19.9 Å². The minimum absolute atomic E-state index is 0.0423. The van der Waals surface area contributed by atoms with E-state index in [4.69, 9.17) is 15.7 Å². The van der Waals surface area contributed by atoms with E-state index in [-0.39, 0.29) is 17.5 Å². The molecule has 1 fully saturated rings. The monoisotopic (exact) mass is 464 g/mol. The summed E-state index contributed by atoms with van der Waals surface area (Å²) in [6, 6.07) is 19.2. The van der Waals surface area contributed by atoms with Gasteiger partial charge in [-0.1, -0.05) is 36.9 Å². The molecule has 2 aromatic heterocycles. The third-order valence-electron chi connectivity index (χ3n) is 6.27. The van der Waals surface area contributed by atoms with E-state index in [1.165, 1.54) is 6.33 Å². The Hall–Kier alpha value is -4.64. The molecule has 1 saturated heterocycles. The first-order chi connectivity index (χ1) is 17.0. The Balaban J connectivity index is 1.46. The molecule has 1 amide bonds. The van der Waals surface area contributed by atoms with E-state index in [9.17, 15) is 4.79 Å². The summed E-state index contributed by atoms with van der Waals surface area (Å²) in [5, 5.41) is 9.87. The third-order valence-corrected chi connectivity index (χ3v) is 6.27. The van der Waals surface area contributed by atoms with Gasteiger partial charge in [-0.05, 0) is 42.7 Å². The van der Waals surface area contributed by atoms with Gasteiger partial charge in [-0.15, -0.1) is 0 Å². The molecular weight excluding hydrogens is 440 g/mol. The molecule has 2 aromatic carbocycles. The first kappa shape index (κ1) is 22.2. The number of hydrogen-bond acceptors (Lipinski definition) is 6. The summed E-state index contributed by atoms with van der Waals surface area (Å²) < 4.78 is 7.93. The molecule has 3 heterocycles. The predicted octanol–water partition coefficient (Wildman–Crippen LogP) is 4.54. The van der Waals surface area contributed by atoms with Gasteiger partial charge in [0.2, 0.25) is 0 Å². The zero-order valence-electron chi connectivity index (χ0n) is 19.1. The second-order valence-electron chi connectivity index (χ2n) is 8.48. The number of ether oxygens (including phenoxy) is 1. The lowest BCUT2D eigenvalue weighted by molar-refractivity contribution is -0.127. The van der Waals surface area contributed by atoms with Crippen LogP contribution in [0.3, 0.4) is 0 Å². The van der Waals surface area contributed by atoms with Crippen molar-refractivity contribution >= 4 is 22.8 Å². The maximum Gasteiger partial charge on any atom is 0.264 e. The summed E-state index contributed by atoms with van der Waals surface area (Å²) in [7, 11) is 0. The molecule has 1 atom stereocenters. The fourth-order valence-corrected chi connectivity index (χ4v) is 4.57. The van der Waals surface area contributed by atoms with Crippen molar-refractivity contribution in [3.8, 4) is 28.7 Å². The third kappa shape index (κ3) is 4.32. The lowest BCUT2D eigenvalue weighted by atomic mass is 10.1. The van der Waals surface area contributed by atoms with Crippen molar-refractivity contribution in [2.75, 3.05) is 12.3 Å². The van der Waals surface area contributed by atoms with Crippen LogP contribution in [0.2, 0.25) is 0 Å². The molecule has 35 heavy (non-hydrogen) atoms. The molecule has 5 rings (SSSR count). The molecule has 8 nitrogen and oxygen atoms in total. The number of likely N-dealkylation sites (tertiary alicyclic amines) is 1. The second-order valence-corrected chi connectivity index (χ2v) is 8.48. The van der Waals surface area contributed by atoms with E-state index in [2.05, 4.69) is 16.5 Å². The number of nitrogens with zero attached hydrogens (tertiary/aromatic N) is 5. The fraction of sp³-hybridized carbons (Fsp3) is 0.185. The van der Waals surface area contributed by atoms with Crippen molar-refractivity contribution in [3.63, 3.8) is 0 Å². The number of aromatic nitrogens is 3. The van der Waals surface area contributed by atoms with Crippen LogP contribution in [0.25, 0.3) is 22.2 Å². The molecule has 0 aliphatic carbocycles. The highest BCUT2D eigenvalue weighted by Gasteiger charge is 2.31. The molecule has 0 bridgehead atoms. The summed E-state index contributed by atoms with van der Waals surface area (Å²) in [5.41, 5.74) is 8.80. The maximum absolute atomic E-state index is 12.6. The average Bonchev–Trinajstić information content (AvgIpc) is 3.50. The van der Waals surface area contributed by atoms with Gasteiger partial charge >= 0.3 is 0 Å². The number of rotatable bonds is 6. The molecule has 1 aliphatic rings. The Labute approximate surface area is 202 Å². The number of nitrogens with two attached hydrogens (primary N) is 1. The number of anilines is 1. The van der Waals surface area contributed by atoms with Crippen LogP contribution in [0.4, 0.5) is 5.82 Å². The van der Waals surface area contributed by atoms with Crippen molar-refractivity contribution in [1.29, 1.82) is 5.26 Å². The number of nitriles is 1. The van der Waals surface area contributed by atoms with E-state index in [0.29, 0.717) is 24.6 Å². The number of hydrogen-bond donors (Lipinski definition) is 1. The number of amides is 1. The maximum atomic E-state index is 12.6. The smallest absolute Gasteiger partial charge is 0.264 e. The quantitative estimate of drug-likeness (QED) is 0.331. The van der Waals surface area contributed by atoms with Crippen molar-refractivity contribution in [2.24, 2.45) is 0 Å². The first-order valence-corrected chi connectivity index (χ1v) is 11.4. The zero-order chi connectivity index (χ0) is 24.4. The Morgan fingerprint density at radius 1 is 1.14 bits per heavy atom. The van der Waals surface area contributed by atoms with Crippen LogP contribution in [0, 0.1) is 11.3 Å². The average molecular weight is 465 g/mol. The number of benzene rings is 2. The molecule has 0 radical (unpaired) electrons. The highest BCUT2D eigenvalue weighted by Crippen LogP contribution is 2.35. The topological polar surface area (TPSA) is 110 Å². The standard InChI is InChI=1S/C27H24N6O2/c1-18(14-28)27(34)33-13-5-6-20(33)15-32-16-23(24-25(29)30-17-31-26(24)32)19-9-11-22(12-10-19)35-21-7-3-2-4-8-21/h2-4,7-12,16-17,20H,1,5-6,13,15H2,(H2,29,30,31)/t20-/m0/s1. The van der Waals surface area contributed by atoms with Gasteiger partial charge in [-0.3, -0.25) is 4.79 Å². The molecule has 0 saturated carbocycles. The molecule has 8 heteroatoms. The van der Waals surface area contributed by atoms with Crippen molar-refractivity contribution < 1.29 is 9.53 Å². The van der Waals surface area contributed by atoms with Gasteiger partial charge in [0, 0.05) is 24.8 Å². The lowest BCUT2D eigenvalue weighted by Gasteiger charge is -2.24. The Kier molecular flexibility index (Phi) is 5.90. The summed E-state index contributed by atoms with van der Waals surface area (Å²) >= 11 is 0. The van der Waals surface area contributed by atoms with E-state index in [1.54, 1.807) is 4.90 Å². The number of nitrogen functional groups attached to an aromatic ring is 1. The Morgan fingerprint density at radius 2 is 1.89 bits per heavy atom. The van der Waals surface area contributed by atoms with Crippen LogP contribution in [0.15, 0.2) is 79.3 Å². The summed E-state index contributed by atoms with van der Waals surface area (Å²) in [6.07, 6.45) is 5.17. The number of carbonyl (C=O) groups is 1. The highest BCUT2D eigenvalue weighted by atomic mass is 16.5. The minimum Gasteiger partial charge on any atom is -0.457 e. The number of fused-ring (bicyclic) bond motifs is 1. The first-order valence-electron chi connectivity index (χ1n) is 11.4. The van der Waals surface area contributed by atoms with E-state index >= 15 is 0 Å². The van der Waals surface area contributed by atoms with Gasteiger partial charge in [0.25, 0.3) is 5.91 Å². The van der Waals surface area contributed by atoms with Crippen molar-refractivity contribution in [1.82, 2.24) is 19.4 Å². The Morgan fingerprint density at radius 3 is 2.63 bits per heavy atom. The molecular formula is C27H24N6O2. The normalized spacial score (nSPS) is 15.2. The largest absolute Gasteiger partial charge is 0.457 e. The summed E-state index contributed by atoms with van der Waals surface area (Å²) in [6.45, 7) is 4.73. The van der Waals surface area contributed by atoms with Crippen LogP contribution >= 0.6 is 0 Å². The molecule has 4 aromatic rings. The Bertz CT molecular complexity index is 1440. The summed E-state index contributed by atoms with van der Waals surface area (Å²) in [4.78, 5) is 23.1. The van der Waals surface area contributed by atoms with Gasteiger partial charge in [-0.2, -0.15) is 5.26 Å². The van der Waals surface area contributed by atoms with Gasteiger partial charge in [-0.25, -0.2) is 9.97 Å². The zero-order valence-corrected chi connectivity index (χ0v) is 19.1. The fourth-order valence-electron chi connectivity index (χ4n) is 4.57. The SMILES string of the molecule is C=C(C#N)C(=O)N1CCC[C@H]1Cn1cc(-c2ccc(Oc3ccccc3)cc2)c2c(N)ncnc21. The second kappa shape index (κ2) is 9.31. The van der Waals surface area contributed by atoms with E-state index in [0.717, 1.165) is 40.9 Å². The minimum atomic E-state index is -0.310. The number of carbonyl (C=O) groups excluding carboxylic acids is 1. The molecule has 0 unspecified atom stereocenters. The number of para-hydroxylation sites is 1. The van der Waals surface area contributed by atoms with E-state index in [1.807, 2.05) is 71.4 Å². The van der Waals surface area contributed by atoms with Crippen molar-refractivity contribution in [2.45, 2.75) is 25.4 Å². The molecule has 174 valence electrons. The predicted molar refractivity (Wildman–Crippen MR) is 133 cm³/mol. The molecule has 1 aliphatic heterocycles. The van der Waals surface area contributed by atoms with Crippen molar-refractivity contribution in [3.05, 3.63) is 79.3 Å². The van der Waals surface area contributed by atoms with E-state index < -0.39 is 0 Å². The highest BCUT2D eigenvalue weighted by molar-refractivity contribution is 6.00.